The van der Waals surface area contributed by atoms with Crippen molar-refractivity contribution in [2.45, 2.75) is 6.92 Å². The van der Waals surface area contributed by atoms with Crippen molar-refractivity contribution in [3.63, 3.8) is 0 Å². The highest BCUT2D eigenvalue weighted by atomic mass is 19.1. The molecule has 0 atom stereocenters. The Balaban J connectivity index is 1.67. The molecule has 3 N–H and O–H groups in total. The summed E-state index contributed by atoms with van der Waals surface area (Å²) in [5, 5.41) is 20.6. The Morgan fingerprint density at radius 3 is 2.85 bits per heavy atom. The summed E-state index contributed by atoms with van der Waals surface area (Å²) in [6, 6.07) is 12.3. The van der Waals surface area contributed by atoms with Gasteiger partial charge in [0.1, 0.15) is 11.5 Å². The molecule has 0 aliphatic carbocycles. The van der Waals surface area contributed by atoms with E-state index in [-0.39, 0.29) is 17.3 Å². The Morgan fingerprint density at radius 1 is 1.33 bits per heavy atom. The van der Waals surface area contributed by atoms with Gasteiger partial charge in [-0.25, -0.2) is 9.82 Å². The van der Waals surface area contributed by atoms with Gasteiger partial charge in [-0.05, 0) is 49.4 Å². The fourth-order valence-electron chi connectivity index (χ4n) is 2.34. The summed E-state index contributed by atoms with van der Waals surface area (Å²) in [4.78, 5) is 12.1. The molecular weight excluding hydrogens is 351 g/mol. The number of aromatic nitrogens is 2. The molecule has 1 amide bonds. The number of carbonyl (C=O) groups is 1. The third-order valence-corrected chi connectivity index (χ3v) is 3.66. The van der Waals surface area contributed by atoms with Crippen molar-refractivity contribution >= 4 is 12.1 Å². The number of rotatable bonds is 6. The zero-order chi connectivity index (χ0) is 19.2. The summed E-state index contributed by atoms with van der Waals surface area (Å²) in [5.41, 5.74) is 4.12. The van der Waals surface area contributed by atoms with Crippen LogP contribution in [0.25, 0.3) is 11.3 Å². The van der Waals surface area contributed by atoms with Gasteiger partial charge in [-0.2, -0.15) is 10.2 Å². The molecule has 0 spiro atoms. The minimum atomic E-state index is -0.507. The number of ether oxygens (including phenoxy) is 1. The molecule has 27 heavy (non-hydrogen) atoms. The Hall–Kier alpha value is -3.68. The van der Waals surface area contributed by atoms with E-state index in [1.807, 2.05) is 6.92 Å². The molecule has 138 valence electrons. The van der Waals surface area contributed by atoms with Crippen LogP contribution in [0.1, 0.15) is 23.0 Å². The van der Waals surface area contributed by atoms with Gasteiger partial charge in [-0.1, -0.05) is 6.07 Å². The van der Waals surface area contributed by atoms with Gasteiger partial charge in [0, 0.05) is 11.1 Å². The van der Waals surface area contributed by atoms with Crippen molar-refractivity contribution in [3.05, 3.63) is 65.6 Å². The van der Waals surface area contributed by atoms with Gasteiger partial charge in [-0.3, -0.25) is 9.89 Å². The summed E-state index contributed by atoms with van der Waals surface area (Å²) in [6.07, 6.45) is 1.31. The number of H-pyrrole nitrogens is 1. The zero-order valence-corrected chi connectivity index (χ0v) is 14.4. The molecule has 0 saturated carbocycles. The number of phenols is 1. The van der Waals surface area contributed by atoms with E-state index in [1.165, 1.54) is 24.4 Å². The number of amides is 1. The molecule has 3 rings (SSSR count). The first-order valence-corrected chi connectivity index (χ1v) is 8.18. The molecule has 1 aromatic heterocycles. The minimum Gasteiger partial charge on any atom is -0.504 e. The SMILES string of the molecule is CCOc1cccc(/C=N\NC(=O)c2cc(-c3ccc(F)cc3)n[nH]2)c1O. The normalized spacial score (nSPS) is 10.9. The first kappa shape index (κ1) is 18.1. The average molecular weight is 368 g/mol. The second-order valence-electron chi connectivity index (χ2n) is 5.50. The molecule has 7 nitrogen and oxygen atoms in total. The van der Waals surface area contributed by atoms with E-state index in [0.29, 0.717) is 29.2 Å². The number of nitrogens with one attached hydrogen (secondary N) is 2. The first-order chi connectivity index (χ1) is 13.1. The second-order valence-corrected chi connectivity index (χ2v) is 5.50. The van der Waals surface area contributed by atoms with Gasteiger partial charge in [0.25, 0.3) is 5.91 Å². The van der Waals surface area contributed by atoms with Crippen LogP contribution in [0.3, 0.4) is 0 Å². The lowest BCUT2D eigenvalue weighted by Gasteiger charge is -2.07. The van der Waals surface area contributed by atoms with Gasteiger partial charge in [0.2, 0.25) is 0 Å². The summed E-state index contributed by atoms with van der Waals surface area (Å²) >= 11 is 0. The molecule has 0 unspecified atom stereocenters. The van der Waals surface area contributed by atoms with E-state index in [4.69, 9.17) is 4.74 Å². The van der Waals surface area contributed by atoms with Crippen LogP contribution < -0.4 is 10.2 Å². The van der Waals surface area contributed by atoms with E-state index < -0.39 is 5.91 Å². The number of para-hydroxylation sites is 1. The van der Waals surface area contributed by atoms with Crippen molar-refractivity contribution in [2.24, 2.45) is 5.10 Å². The average Bonchev–Trinajstić information content (AvgIpc) is 3.15. The zero-order valence-electron chi connectivity index (χ0n) is 14.4. The number of aromatic amines is 1. The number of benzene rings is 2. The summed E-state index contributed by atoms with van der Waals surface area (Å²) < 4.78 is 18.3. The number of phenolic OH excluding ortho intramolecular Hbond substituents is 1. The van der Waals surface area contributed by atoms with Crippen LogP contribution in [0.5, 0.6) is 11.5 Å². The topological polar surface area (TPSA) is 99.6 Å². The summed E-state index contributed by atoms with van der Waals surface area (Å²) in [5.74, 6) is -0.575. The first-order valence-electron chi connectivity index (χ1n) is 8.18. The van der Waals surface area contributed by atoms with E-state index in [2.05, 4.69) is 20.7 Å². The molecule has 0 aliphatic rings. The monoisotopic (exact) mass is 368 g/mol. The van der Waals surface area contributed by atoms with Crippen LogP contribution in [0.15, 0.2) is 53.6 Å². The van der Waals surface area contributed by atoms with Crippen molar-refractivity contribution < 1.29 is 19.0 Å². The van der Waals surface area contributed by atoms with Crippen LogP contribution in [-0.4, -0.2) is 34.0 Å². The molecule has 0 bridgehead atoms. The Morgan fingerprint density at radius 2 is 2.11 bits per heavy atom. The van der Waals surface area contributed by atoms with E-state index in [9.17, 15) is 14.3 Å². The maximum atomic E-state index is 13.0. The molecule has 0 fully saturated rings. The maximum Gasteiger partial charge on any atom is 0.289 e. The molecular formula is C19H17FN4O3. The second kappa shape index (κ2) is 8.13. The molecule has 3 aromatic rings. The molecule has 1 heterocycles. The fourth-order valence-corrected chi connectivity index (χ4v) is 2.34. The summed E-state index contributed by atoms with van der Waals surface area (Å²) in [6.45, 7) is 2.23. The van der Waals surface area contributed by atoms with Gasteiger partial charge in [0.15, 0.2) is 11.5 Å². The molecule has 8 heteroatoms. The number of carbonyl (C=O) groups excluding carboxylic acids is 1. The Bertz CT molecular complexity index is 967. The Labute approximate surface area is 154 Å². The van der Waals surface area contributed by atoms with Crippen molar-refractivity contribution in [1.82, 2.24) is 15.6 Å². The lowest BCUT2D eigenvalue weighted by atomic mass is 10.1. The van der Waals surface area contributed by atoms with Crippen LogP contribution in [-0.2, 0) is 0 Å². The fraction of sp³-hybridized carbons (Fsp3) is 0.105. The Kier molecular flexibility index (Phi) is 5.46. The third-order valence-electron chi connectivity index (χ3n) is 3.66. The van der Waals surface area contributed by atoms with Crippen molar-refractivity contribution in [2.75, 3.05) is 6.61 Å². The third kappa shape index (κ3) is 4.30. The molecule has 0 saturated heterocycles. The van der Waals surface area contributed by atoms with Crippen LogP contribution in [0, 0.1) is 5.82 Å². The number of nitrogens with zero attached hydrogens (tertiary/aromatic N) is 2. The smallest absolute Gasteiger partial charge is 0.289 e. The van der Waals surface area contributed by atoms with E-state index >= 15 is 0 Å². The predicted octanol–water partition coefficient (Wildman–Crippen LogP) is 3.08. The highest BCUT2D eigenvalue weighted by molar-refractivity contribution is 5.94. The molecule has 0 radical (unpaired) electrons. The number of halogens is 1. The highest BCUT2D eigenvalue weighted by Gasteiger charge is 2.11. The van der Waals surface area contributed by atoms with Crippen LogP contribution >= 0.6 is 0 Å². The van der Waals surface area contributed by atoms with Gasteiger partial charge in [-0.15, -0.1) is 0 Å². The number of hydrogen-bond acceptors (Lipinski definition) is 5. The van der Waals surface area contributed by atoms with E-state index in [0.717, 1.165) is 0 Å². The number of hydrazone groups is 1. The predicted molar refractivity (Wildman–Crippen MR) is 98.3 cm³/mol. The largest absolute Gasteiger partial charge is 0.504 e. The number of hydrogen-bond donors (Lipinski definition) is 3. The summed E-state index contributed by atoms with van der Waals surface area (Å²) in [7, 11) is 0. The van der Waals surface area contributed by atoms with Crippen molar-refractivity contribution in [3.8, 4) is 22.8 Å². The van der Waals surface area contributed by atoms with Gasteiger partial charge < -0.3 is 9.84 Å². The van der Waals surface area contributed by atoms with Gasteiger partial charge in [0.05, 0.1) is 18.5 Å². The van der Waals surface area contributed by atoms with Crippen LogP contribution in [0.4, 0.5) is 4.39 Å². The maximum absolute atomic E-state index is 13.0. The van der Waals surface area contributed by atoms with Gasteiger partial charge >= 0.3 is 0 Å². The number of aromatic hydroxyl groups is 1. The quantitative estimate of drug-likeness (QED) is 0.460. The molecule has 0 aliphatic heterocycles. The lowest BCUT2D eigenvalue weighted by molar-refractivity contribution is 0.0950. The van der Waals surface area contributed by atoms with Crippen LogP contribution in [0.2, 0.25) is 0 Å². The molecule has 2 aromatic carbocycles. The lowest BCUT2D eigenvalue weighted by Crippen LogP contribution is -2.18. The highest BCUT2D eigenvalue weighted by Crippen LogP contribution is 2.28. The minimum absolute atomic E-state index is 0.0579. The standard InChI is InChI=1S/C19H17FN4O3/c1-2-27-17-5-3-4-13(18(17)25)11-21-24-19(26)16-10-15(22-23-16)12-6-8-14(20)9-7-12/h3-11,25H,2H2,1H3,(H,22,23)(H,24,26)/b21-11-. The van der Waals surface area contributed by atoms with E-state index in [1.54, 1.807) is 30.3 Å². The van der Waals surface area contributed by atoms with Crippen molar-refractivity contribution in [1.29, 1.82) is 0 Å².